The van der Waals surface area contributed by atoms with Gasteiger partial charge in [-0.25, -0.2) is 0 Å². The van der Waals surface area contributed by atoms with Crippen LogP contribution in [0.15, 0.2) is 0 Å². The van der Waals surface area contributed by atoms with Gasteiger partial charge in [0.1, 0.15) is 0 Å². The van der Waals surface area contributed by atoms with Gasteiger partial charge in [0.15, 0.2) is 0 Å². The van der Waals surface area contributed by atoms with Crippen molar-refractivity contribution in [3.63, 3.8) is 0 Å². The summed E-state index contributed by atoms with van der Waals surface area (Å²) in [6.45, 7) is 10.5. The van der Waals surface area contributed by atoms with Crippen LogP contribution >= 0.6 is 0 Å². The molecule has 0 saturated carbocycles. The van der Waals surface area contributed by atoms with Crippen LogP contribution in [0.2, 0.25) is 0 Å². The summed E-state index contributed by atoms with van der Waals surface area (Å²) in [7, 11) is 1.42. The van der Waals surface area contributed by atoms with Gasteiger partial charge in [-0.05, 0) is 11.3 Å². The first-order valence-corrected chi connectivity index (χ1v) is 5.17. The molecule has 3 heteroatoms. The summed E-state index contributed by atoms with van der Waals surface area (Å²) < 4.78 is 4.55. The van der Waals surface area contributed by atoms with E-state index >= 15 is 0 Å². The van der Waals surface area contributed by atoms with Crippen molar-refractivity contribution in [3.8, 4) is 0 Å². The minimum absolute atomic E-state index is 0.153. The molecule has 0 fully saturated rings. The van der Waals surface area contributed by atoms with Gasteiger partial charge in [0.2, 0.25) is 0 Å². The first-order chi connectivity index (χ1) is 6.40. The van der Waals surface area contributed by atoms with Crippen molar-refractivity contribution in [3.05, 3.63) is 0 Å². The van der Waals surface area contributed by atoms with E-state index in [0.717, 1.165) is 6.54 Å². The Labute approximate surface area is 87.2 Å². The minimum Gasteiger partial charge on any atom is -0.469 e. The Morgan fingerprint density at radius 1 is 1.43 bits per heavy atom. The Morgan fingerprint density at radius 3 is 2.43 bits per heavy atom. The van der Waals surface area contributed by atoms with E-state index in [9.17, 15) is 4.79 Å². The molecule has 0 aliphatic carbocycles. The van der Waals surface area contributed by atoms with Crippen molar-refractivity contribution in [2.24, 2.45) is 11.3 Å². The summed E-state index contributed by atoms with van der Waals surface area (Å²) in [6.07, 6.45) is 0.449. The van der Waals surface area contributed by atoms with Crippen LogP contribution < -0.4 is 5.32 Å². The van der Waals surface area contributed by atoms with Crippen LogP contribution in [0.3, 0.4) is 0 Å². The van der Waals surface area contributed by atoms with Gasteiger partial charge < -0.3 is 10.1 Å². The molecule has 0 aromatic rings. The largest absolute Gasteiger partial charge is 0.469 e. The summed E-state index contributed by atoms with van der Waals surface area (Å²) in [4.78, 5) is 10.8. The lowest BCUT2D eigenvalue weighted by molar-refractivity contribution is -0.140. The van der Waals surface area contributed by atoms with Crippen LogP contribution in [0.25, 0.3) is 0 Å². The number of methoxy groups -OCH3 is 1. The van der Waals surface area contributed by atoms with Crippen LogP contribution in [0.4, 0.5) is 0 Å². The predicted molar refractivity (Wildman–Crippen MR) is 58.1 cm³/mol. The van der Waals surface area contributed by atoms with Gasteiger partial charge in [-0.1, -0.05) is 27.7 Å². The van der Waals surface area contributed by atoms with Crippen LogP contribution in [-0.2, 0) is 9.53 Å². The quantitative estimate of drug-likeness (QED) is 0.526. The lowest BCUT2D eigenvalue weighted by atomic mass is 9.81. The summed E-state index contributed by atoms with van der Waals surface area (Å²) in [5.41, 5.74) is 0.274. The SMILES string of the molecule is COC(=O)CCNCC(C)(C)C(C)C. The van der Waals surface area contributed by atoms with Crippen molar-refractivity contribution in [1.29, 1.82) is 0 Å². The van der Waals surface area contributed by atoms with E-state index in [-0.39, 0.29) is 11.4 Å². The zero-order chi connectivity index (χ0) is 11.2. The Balaban J connectivity index is 3.59. The number of esters is 1. The maximum atomic E-state index is 10.8. The maximum Gasteiger partial charge on any atom is 0.306 e. The Bertz CT molecular complexity index is 176. The molecule has 0 aliphatic heterocycles. The van der Waals surface area contributed by atoms with Gasteiger partial charge in [0.05, 0.1) is 13.5 Å². The molecule has 14 heavy (non-hydrogen) atoms. The van der Waals surface area contributed by atoms with Gasteiger partial charge in [0, 0.05) is 13.1 Å². The first-order valence-electron chi connectivity index (χ1n) is 5.17. The molecular formula is C11H23NO2. The fraction of sp³-hybridized carbons (Fsp3) is 0.909. The number of carbonyl (C=O) groups excluding carboxylic acids is 1. The second-order valence-corrected chi connectivity index (χ2v) is 4.65. The Morgan fingerprint density at radius 2 is 2.00 bits per heavy atom. The Hall–Kier alpha value is -0.570. The molecule has 0 aromatic heterocycles. The second kappa shape index (κ2) is 6.02. The highest BCUT2D eigenvalue weighted by molar-refractivity contribution is 5.69. The molecule has 0 rings (SSSR count). The number of carbonyl (C=O) groups is 1. The molecule has 1 N–H and O–H groups in total. The van der Waals surface area contributed by atoms with Crippen molar-refractivity contribution in [2.75, 3.05) is 20.2 Å². The standard InChI is InChI=1S/C11H23NO2/c1-9(2)11(3,4)8-12-7-6-10(13)14-5/h9,12H,6-8H2,1-5H3. The number of hydrogen-bond acceptors (Lipinski definition) is 3. The summed E-state index contributed by atoms with van der Waals surface area (Å²) >= 11 is 0. The minimum atomic E-state index is -0.153. The predicted octanol–water partition coefficient (Wildman–Crippen LogP) is 1.82. The van der Waals surface area contributed by atoms with E-state index < -0.39 is 0 Å². The molecule has 0 aliphatic rings. The molecule has 0 bridgehead atoms. The lowest BCUT2D eigenvalue weighted by Gasteiger charge is -2.29. The molecule has 0 unspecified atom stereocenters. The highest BCUT2D eigenvalue weighted by Crippen LogP contribution is 2.24. The summed E-state index contributed by atoms with van der Waals surface area (Å²) in [5.74, 6) is 0.480. The van der Waals surface area contributed by atoms with Crippen LogP contribution in [-0.4, -0.2) is 26.2 Å². The third kappa shape index (κ3) is 5.22. The second-order valence-electron chi connectivity index (χ2n) is 4.65. The van der Waals surface area contributed by atoms with Crippen LogP contribution in [0.1, 0.15) is 34.1 Å². The van der Waals surface area contributed by atoms with E-state index in [0.29, 0.717) is 18.9 Å². The normalized spacial score (nSPS) is 11.9. The topological polar surface area (TPSA) is 38.3 Å². The van der Waals surface area contributed by atoms with Crippen LogP contribution in [0.5, 0.6) is 0 Å². The average Bonchev–Trinajstić information content (AvgIpc) is 2.11. The maximum absolute atomic E-state index is 10.8. The third-order valence-corrected chi connectivity index (χ3v) is 2.88. The third-order valence-electron chi connectivity index (χ3n) is 2.88. The smallest absolute Gasteiger partial charge is 0.306 e. The van der Waals surface area contributed by atoms with Crippen molar-refractivity contribution >= 4 is 5.97 Å². The molecule has 84 valence electrons. The van der Waals surface area contributed by atoms with Gasteiger partial charge >= 0.3 is 5.97 Å². The first kappa shape index (κ1) is 13.4. The Kier molecular flexibility index (Phi) is 5.77. The highest BCUT2D eigenvalue weighted by Gasteiger charge is 2.21. The van der Waals surface area contributed by atoms with Crippen molar-refractivity contribution in [1.82, 2.24) is 5.32 Å². The van der Waals surface area contributed by atoms with E-state index in [1.165, 1.54) is 7.11 Å². The zero-order valence-corrected chi connectivity index (χ0v) is 10.0. The number of ether oxygens (including phenoxy) is 1. The molecule has 0 radical (unpaired) electrons. The van der Waals surface area contributed by atoms with Crippen LogP contribution in [0, 0.1) is 11.3 Å². The van der Waals surface area contributed by atoms with Crippen molar-refractivity contribution < 1.29 is 9.53 Å². The molecule has 0 saturated heterocycles. The van der Waals surface area contributed by atoms with Gasteiger partial charge in [-0.15, -0.1) is 0 Å². The molecular weight excluding hydrogens is 178 g/mol. The molecule has 0 amide bonds. The highest BCUT2D eigenvalue weighted by atomic mass is 16.5. The van der Waals surface area contributed by atoms with Gasteiger partial charge in [-0.2, -0.15) is 0 Å². The number of rotatable bonds is 6. The zero-order valence-electron chi connectivity index (χ0n) is 10.0. The van der Waals surface area contributed by atoms with E-state index in [1.54, 1.807) is 0 Å². The fourth-order valence-electron chi connectivity index (χ4n) is 0.907. The average molecular weight is 201 g/mol. The monoisotopic (exact) mass is 201 g/mol. The molecule has 0 heterocycles. The molecule has 0 spiro atoms. The summed E-state index contributed by atoms with van der Waals surface area (Å²) in [5, 5.41) is 3.27. The lowest BCUT2D eigenvalue weighted by Crippen LogP contribution is -2.34. The van der Waals surface area contributed by atoms with Gasteiger partial charge in [-0.3, -0.25) is 4.79 Å². The molecule has 0 atom stereocenters. The van der Waals surface area contributed by atoms with Gasteiger partial charge in [0.25, 0.3) is 0 Å². The number of nitrogens with one attached hydrogen (secondary N) is 1. The summed E-state index contributed by atoms with van der Waals surface area (Å²) in [6, 6.07) is 0. The van der Waals surface area contributed by atoms with E-state index in [2.05, 4.69) is 37.7 Å². The fourth-order valence-corrected chi connectivity index (χ4v) is 0.907. The molecule has 3 nitrogen and oxygen atoms in total. The number of hydrogen-bond donors (Lipinski definition) is 1. The van der Waals surface area contributed by atoms with E-state index in [4.69, 9.17) is 0 Å². The molecule has 0 aromatic carbocycles. The van der Waals surface area contributed by atoms with Crippen molar-refractivity contribution in [2.45, 2.75) is 34.1 Å². The van der Waals surface area contributed by atoms with E-state index in [1.807, 2.05) is 0 Å².